The van der Waals surface area contributed by atoms with Gasteiger partial charge in [0.15, 0.2) is 11.5 Å². The van der Waals surface area contributed by atoms with E-state index in [0.29, 0.717) is 23.7 Å². The van der Waals surface area contributed by atoms with Gasteiger partial charge in [-0.2, -0.15) is 0 Å². The smallest absolute Gasteiger partial charge is 0.331 e. The Morgan fingerprint density at radius 3 is 2.62 bits per heavy atom. The lowest BCUT2D eigenvalue weighted by Gasteiger charge is -2.25. The van der Waals surface area contributed by atoms with Gasteiger partial charge in [-0.15, -0.1) is 6.58 Å². The summed E-state index contributed by atoms with van der Waals surface area (Å²) in [7, 11) is 0. The zero-order valence-corrected chi connectivity index (χ0v) is 17.9. The second-order valence-corrected chi connectivity index (χ2v) is 7.06. The number of urea groups is 1. The Morgan fingerprint density at radius 2 is 1.94 bits per heavy atom. The van der Waals surface area contributed by atoms with E-state index < -0.39 is 23.7 Å². The number of nitrogens with zero attached hydrogens (tertiary/aromatic N) is 1. The minimum absolute atomic E-state index is 0.0368. The lowest BCUT2D eigenvalue weighted by Crippen LogP contribution is -2.54. The minimum atomic E-state index is -0.803. The lowest BCUT2D eigenvalue weighted by atomic mass is 10.1. The predicted molar refractivity (Wildman–Crippen MR) is 117 cm³/mol. The number of amides is 4. The molecule has 1 fully saturated rings. The van der Waals surface area contributed by atoms with E-state index in [2.05, 4.69) is 11.9 Å². The summed E-state index contributed by atoms with van der Waals surface area (Å²) in [5.74, 6) is -1.36. The number of benzene rings is 2. The van der Waals surface area contributed by atoms with Crippen LogP contribution in [0.25, 0.3) is 6.08 Å². The van der Waals surface area contributed by atoms with Crippen LogP contribution in [0.4, 0.5) is 9.18 Å². The molecule has 0 aromatic heterocycles. The molecule has 0 unspecified atom stereocenters. The van der Waals surface area contributed by atoms with Crippen LogP contribution >= 0.6 is 11.6 Å². The van der Waals surface area contributed by atoms with Crippen molar-refractivity contribution in [1.82, 2.24) is 10.2 Å². The number of nitrogens with one attached hydrogen (secondary N) is 1. The van der Waals surface area contributed by atoms with Gasteiger partial charge in [0.05, 0.1) is 11.6 Å². The molecular formula is C23H20ClFN2O5. The van der Waals surface area contributed by atoms with Crippen LogP contribution in [0.3, 0.4) is 0 Å². The van der Waals surface area contributed by atoms with E-state index in [4.69, 9.17) is 21.1 Å². The van der Waals surface area contributed by atoms with Gasteiger partial charge < -0.3 is 9.47 Å². The van der Waals surface area contributed by atoms with Crippen molar-refractivity contribution in [2.24, 2.45) is 0 Å². The van der Waals surface area contributed by atoms with Crippen LogP contribution in [0.5, 0.6) is 11.5 Å². The standard InChI is InChI=1S/C23H20ClFN2O5/c1-3-10-27-22(29)15(21(28)26-23(27)30)11-14-8-9-19(20(12-14)31-4-2)32-13-16-17(24)6-5-7-18(16)25/h3,5-9,11-12H,1,4,10,13H2,2H3,(H,26,28,30)/b15-11-. The van der Waals surface area contributed by atoms with Gasteiger partial charge in [-0.05, 0) is 42.8 Å². The molecular weight excluding hydrogens is 439 g/mol. The molecule has 1 aliphatic rings. The van der Waals surface area contributed by atoms with Crippen molar-refractivity contribution < 1.29 is 28.2 Å². The SMILES string of the molecule is C=CCN1C(=O)NC(=O)/C(=C/c2ccc(OCc3c(F)cccc3Cl)c(OCC)c2)C1=O. The largest absolute Gasteiger partial charge is 0.490 e. The molecule has 166 valence electrons. The zero-order valence-electron chi connectivity index (χ0n) is 17.2. The molecule has 1 saturated heterocycles. The Morgan fingerprint density at radius 1 is 1.16 bits per heavy atom. The number of rotatable bonds is 8. The lowest BCUT2D eigenvalue weighted by molar-refractivity contribution is -0.129. The van der Waals surface area contributed by atoms with E-state index in [-0.39, 0.29) is 29.3 Å². The van der Waals surface area contributed by atoms with Gasteiger partial charge in [0.25, 0.3) is 11.8 Å². The van der Waals surface area contributed by atoms with Gasteiger partial charge in [-0.25, -0.2) is 9.18 Å². The molecule has 0 aliphatic carbocycles. The molecule has 4 amide bonds. The third-order valence-electron chi connectivity index (χ3n) is 4.51. The maximum absolute atomic E-state index is 14.0. The maximum atomic E-state index is 14.0. The average Bonchev–Trinajstić information content (AvgIpc) is 2.75. The number of ether oxygens (including phenoxy) is 2. The Hall–Kier alpha value is -3.65. The number of carbonyl (C=O) groups is 3. The molecule has 3 rings (SSSR count). The molecule has 9 heteroatoms. The molecule has 1 aliphatic heterocycles. The number of hydrogen-bond acceptors (Lipinski definition) is 5. The molecule has 0 atom stereocenters. The van der Waals surface area contributed by atoms with Crippen molar-refractivity contribution in [3.05, 3.63) is 76.6 Å². The van der Waals surface area contributed by atoms with Crippen molar-refractivity contribution in [2.45, 2.75) is 13.5 Å². The Bertz CT molecular complexity index is 1100. The third-order valence-corrected chi connectivity index (χ3v) is 4.86. The average molecular weight is 459 g/mol. The zero-order chi connectivity index (χ0) is 23.3. The molecule has 0 radical (unpaired) electrons. The highest BCUT2D eigenvalue weighted by Crippen LogP contribution is 2.31. The second kappa shape index (κ2) is 10.1. The fourth-order valence-electron chi connectivity index (χ4n) is 2.98. The summed E-state index contributed by atoms with van der Waals surface area (Å²) in [5, 5.41) is 2.36. The maximum Gasteiger partial charge on any atom is 0.331 e. The molecule has 0 spiro atoms. The van der Waals surface area contributed by atoms with Crippen molar-refractivity contribution in [2.75, 3.05) is 13.2 Å². The van der Waals surface area contributed by atoms with Crippen molar-refractivity contribution in [1.29, 1.82) is 0 Å². The summed E-state index contributed by atoms with van der Waals surface area (Å²) in [6, 6.07) is 8.30. The van der Waals surface area contributed by atoms with Crippen LogP contribution in [0.1, 0.15) is 18.1 Å². The van der Waals surface area contributed by atoms with Gasteiger partial charge in [-0.1, -0.05) is 29.8 Å². The Balaban J connectivity index is 1.88. The molecule has 2 aromatic rings. The molecule has 2 aromatic carbocycles. The summed E-state index contributed by atoms with van der Waals surface area (Å²) in [6.07, 6.45) is 2.73. The van der Waals surface area contributed by atoms with E-state index in [0.717, 1.165) is 4.90 Å². The highest BCUT2D eigenvalue weighted by Gasteiger charge is 2.34. The normalized spacial score (nSPS) is 15.0. The molecule has 1 N–H and O–H groups in total. The van der Waals surface area contributed by atoms with Crippen molar-refractivity contribution in [3.63, 3.8) is 0 Å². The van der Waals surface area contributed by atoms with Crippen molar-refractivity contribution >= 4 is 35.5 Å². The molecule has 7 nitrogen and oxygen atoms in total. The highest BCUT2D eigenvalue weighted by atomic mass is 35.5. The first-order chi connectivity index (χ1) is 15.3. The second-order valence-electron chi connectivity index (χ2n) is 6.65. The van der Waals surface area contributed by atoms with E-state index >= 15 is 0 Å². The van der Waals surface area contributed by atoms with Gasteiger partial charge in [-0.3, -0.25) is 19.8 Å². The number of halogens is 2. The number of carbonyl (C=O) groups excluding carboxylic acids is 3. The number of imide groups is 2. The Labute approximate surface area is 189 Å². The summed E-state index contributed by atoms with van der Waals surface area (Å²) in [5.41, 5.74) is 0.469. The molecule has 0 saturated carbocycles. The molecule has 1 heterocycles. The van der Waals surface area contributed by atoms with Crippen LogP contribution in [0, 0.1) is 5.82 Å². The number of hydrogen-bond donors (Lipinski definition) is 1. The van der Waals surface area contributed by atoms with Crippen LogP contribution in [0.2, 0.25) is 5.02 Å². The van der Waals surface area contributed by atoms with E-state index in [1.54, 1.807) is 31.2 Å². The summed E-state index contributed by atoms with van der Waals surface area (Å²) >= 11 is 6.04. The quantitative estimate of drug-likeness (QED) is 0.365. The summed E-state index contributed by atoms with van der Waals surface area (Å²) < 4.78 is 25.3. The first-order valence-electron chi connectivity index (χ1n) is 9.68. The van der Waals surface area contributed by atoms with Crippen molar-refractivity contribution in [3.8, 4) is 11.5 Å². The van der Waals surface area contributed by atoms with Crippen LogP contribution < -0.4 is 14.8 Å². The monoisotopic (exact) mass is 458 g/mol. The van der Waals surface area contributed by atoms with Gasteiger partial charge >= 0.3 is 6.03 Å². The third kappa shape index (κ3) is 4.97. The topological polar surface area (TPSA) is 84.9 Å². The van der Waals surface area contributed by atoms with E-state index in [9.17, 15) is 18.8 Å². The molecule has 32 heavy (non-hydrogen) atoms. The van der Waals surface area contributed by atoms with Crippen LogP contribution in [0.15, 0.2) is 54.6 Å². The van der Waals surface area contributed by atoms with Gasteiger partial charge in [0, 0.05) is 12.1 Å². The fourth-order valence-corrected chi connectivity index (χ4v) is 3.20. The first kappa shape index (κ1) is 23.0. The first-order valence-corrected chi connectivity index (χ1v) is 10.1. The number of barbiturate groups is 1. The Kier molecular flexibility index (Phi) is 7.27. The minimum Gasteiger partial charge on any atom is -0.490 e. The summed E-state index contributed by atoms with van der Waals surface area (Å²) in [4.78, 5) is 37.5. The van der Waals surface area contributed by atoms with Gasteiger partial charge in [0.2, 0.25) is 0 Å². The fraction of sp³-hybridized carbons (Fsp3) is 0.174. The molecule has 0 bridgehead atoms. The van der Waals surface area contributed by atoms with E-state index in [1.807, 2.05) is 0 Å². The highest BCUT2D eigenvalue weighted by molar-refractivity contribution is 6.31. The van der Waals surface area contributed by atoms with Crippen LogP contribution in [-0.2, 0) is 16.2 Å². The van der Waals surface area contributed by atoms with E-state index in [1.165, 1.54) is 24.3 Å². The predicted octanol–water partition coefficient (Wildman–Crippen LogP) is 4.10. The van der Waals surface area contributed by atoms with Gasteiger partial charge in [0.1, 0.15) is 18.0 Å². The summed E-state index contributed by atoms with van der Waals surface area (Å²) in [6.45, 7) is 5.44. The van der Waals surface area contributed by atoms with Crippen LogP contribution in [-0.4, -0.2) is 35.9 Å².